The van der Waals surface area contributed by atoms with Crippen molar-refractivity contribution in [2.24, 2.45) is 0 Å². The van der Waals surface area contributed by atoms with E-state index in [0.717, 1.165) is 11.3 Å². The molecule has 0 fully saturated rings. The van der Waals surface area contributed by atoms with E-state index in [1.165, 1.54) is 0 Å². The number of anilines is 1. The minimum absolute atomic E-state index is 0.00385. The second-order valence-electron chi connectivity index (χ2n) is 5.06. The highest BCUT2D eigenvalue weighted by atomic mass is 16.3. The number of nitrogens with two attached hydrogens (primary N) is 1. The molecule has 4 heteroatoms. The number of hydrogen-bond acceptors (Lipinski definition) is 4. The summed E-state index contributed by atoms with van der Waals surface area (Å²) in [4.78, 5) is 4.13. The van der Waals surface area contributed by atoms with Gasteiger partial charge in [0.25, 0.3) is 0 Å². The third-order valence-corrected chi connectivity index (χ3v) is 2.33. The summed E-state index contributed by atoms with van der Waals surface area (Å²) in [5.41, 5.74) is 7.16. The number of pyridine rings is 1. The topological polar surface area (TPSA) is 71.2 Å². The molecule has 4 nitrogen and oxygen atoms in total. The Labute approximate surface area is 96.9 Å². The first kappa shape index (κ1) is 12.9. The summed E-state index contributed by atoms with van der Waals surface area (Å²) in [7, 11) is 0. The zero-order valence-corrected chi connectivity index (χ0v) is 10.4. The van der Waals surface area contributed by atoms with Crippen LogP contribution in [0.15, 0.2) is 12.1 Å². The number of nitrogen functional groups attached to an aromatic ring is 1. The molecular weight excluding hydrogens is 202 g/mol. The number of rotatable bonds is 3. The van der Waals surface area contributed by atoms with Crippen LogP contribution in [0.2, 0.25) is 0 Å². The first-order chi connectivity index (χ1) is 7.29. The van der Waals surface area contributed by atoms with Crippen molar-refractivity contribution in [3.8, 4) is 0 Å². The summed E-state index contributed by atoms with van der Waals surface area (Å²) >= 11 is 0. The molecule has 0 aliphatic carbocycles. The average molecular weight is 223 g/mol. The molecule has 1 rings (SSSR count). The van der Waals surface area contributed by atoms with E-state index in [1.54, 1.807) is 6.07 Å². The van der Waals surface area contributed by atoms with E-state index in [2.05, 4.69) is 31.1 Å². The van der Waals surface area contributed by atoms with Crippen LogP contribution in [0.1, 0.15) is 38.1 Å². The van der Waals surface area contributed by atoms with Crippen molar-refractivity contribution in [1.29, 1.82) is 0 Å². The van der Waals surface area contributed by atoms with Crippen molar-refractivity contribution in [3.63, 3.8) is 0 Å². The largest absolute Gasteiger partial charge is 0.387 e. The predicted molar refractivity (Wildman–Crippen MR) is 66.1 cm³/mol. The highest BCUT2D eigenvalue weighted by Crippen LogP contribution is 2.17. The van der Waals surface area contributed by atoms with Crippen LogP contribution in [0.3, 0.4) is 0 Å². The Morgan fingerprint density at radius 2 is 2.06 bits per heavy atom. The normalized spacial score (nSPS) is 13.8. The maximum Gasteiger partial charge on any atom is 0.123 e. The van der Waals surface area contributed by atoms with Gasteiger partial charge in [-0.3, -0.25) is 0 Å². The lowest BCUT2D eigenvalue weighted by atomic mass is 10.1. The van der Waals surface area contributed by atoms with Crippen LogP contribution in [0.25, 0.3) is 0 Å². The van der Waals surface area contributed by atoms with Gasteiger partial charge in [-0.1, -0.05) is 6.07 Å². The molecule has 0 saturated heterocycles. The van der Waals surface area contributed by atoms with E-state index in [4.69, 9.17) is 5.73 Å². The summed E-state index contributed by atoms with van der Waals surface area (Å²) in [6.07, 6.45) is -0.549. The lowest BCUT2D eigenvalue weighted by molar-refractivity contribution is 0.162. The van der Waals surface area contributed by atoms with Crippen LogP contribution in [-0.4, -0.2) is 22.2 Å². The Bertz CT molecular complexity index is 358. The van der Waals surface area contributed by atoms with Gasteiger partial charge >= 0.3 is 0 Å². The van der Waals surface area contributed by atoms with E-state index in [0.29, 0.717) is 12.4 Å². The Balaban J connectivity index is 2.70. The summed E-state index contributed by atoms with van der Waals surface area (Å²) in [6.45, 7) is 8.55. The van der Waals surface area contributed by atoms with E-state index >= 15 is 0 Å². The summed E-state index contributed by atoms with van der Waals surface area (Å²) in [5, 5.41) is 13.3. The fraction of sp³-hybridized carbons (Fsp3) is 0.583. The summed E-state index contributed by atoms with van der Waals surface area (Å²) in [6, 6.07) is 3.54. The maximum absolute atomic E-state index is 10.0. The maximum atomic E-state index is 10.0. The Hall–Kier alpha value is -1.13. The number of aryl methyl sites for hydroxylation is 1. The first-order valence-electron chi connectivity index (χ1n) is 5.46. The minimum Gasteiger partial charge on any atom is -0.387 e. The van der Waals surface area contributed by atoms with E-state index < -0.39 is 6.10 Å². The third-order valence-electron chi connectivity index (χ3n) is 2.33. The number of nitrogens with zero attached hydrogens (tertiary/aromatic N) is 1. The molecule has 1 atom stereocenters. The van der Waals surface area contributed by atoms with Crippen molar-refractivity contribution in [1.82, 2.24) is 10.3 Å². The van der Waals surface area contributed by atoms with Gasteiger partial charge in [-0.15, -0.1) is 0 Å². The Morgan fingerprint density at radius 1 is 1.44 bits per heavy atom. The summed E-state index contributed by atoms with van der Waals surface area (Å²) in [5.74, 6) is 0.484. The average Bonchev–Trinajstić information content (AvgIpc) is 2.13. The number of aromatic nitrogens is 1. The van der Waals surface area contributed by atoms with Crippen LogP contribution < -0.4 is 11.1 Å². The molecule has 0 aromatic carbocycles. The van der Waals surface area contributed by atoms with E-state index in [1.807, 2.05) is 13.0 Å². The molecule has 0 radical (unpaired) electrons. The highest BCUT2D eigenvalue weighted by molar-refractivity contribution is 5.34. The van der Waals surface area contributed by atoms with Crippen LogP contribution in [0.4, 0.5) is 5.82 Å². The number of aliphatic hydroxyl groups excluding tert-OH is 1. The quantitative estimate of drug-likeness (QED) is 0.724. The monoisotopic (exact) mass is 223 g/mol. The molecule has 16 heavy (non-hydrogen) atoms. The summed E-state index contributed by atoms with van der Waals surface area (Å²) < 4.78 is 0. The van der Waals surface area contributed by atoms with Gasteiger partial charge in [0, 0.05) is 23.3 Å². The number of aliphatic hydroxyl groups is 1. The highest BCUT2D eigenvalue weighted by Gasteiger charge is 2.15. The van der Waals surface area contributed by atoms with Crippen LogP contribution in [0.5, 0.6) is 0 Å². The van der Waals surface area contributed by atoms with Crippen LogP contribution >= 0.6 is 0 Å². The standard InChI is InChI=1S/C12H21N3O/c1-8-9(5-6-11(13)15-8)10(16)7-14-12(2,3)4/h5-6,10,14,16H,7H2,1-4H3,(H2,13,15)/t10-/m0/s1. The molecule has 0 aliphatic rings. The lowest BCUT2D eigenvalue weighted by Crippen LogP contribution is -2.38. The zero-order valence-electron chi connectivity index (χ0n) is 10.4. The molecule has 0 saturated carbocycles. The smallest absolute Gasteiger partial charge is 0.123 e. The molecule has 1 aromatic rings. The van der Waals surface area contributed by atoms with E-state index in [-0.39, 0.29) is 5.54 Å². The number of hydrogen-bond donors (Lipinski definition) is 3. The van der Waals surface area contributed by atoms with Gasteiger partial charge in [-0.05, 0) is 33.8 Å². The number of β-amino-alcohol motifs (C(OH)–C–C–N with tert-alkyl or cyclic N) is 1. The predicted octanol–water partition coefficient (Wildman–Crippen LogP) is 1.39. The molecule has 1 heterocycles. The molecule has 0 unspecified atom stereocenters. The molecule has 90 valence electrons. The Kier molecular flexibility index (Phi) is 3.88. The van der Waals surface area contributed by atoms with Gasteiger partial charge in [0.1, 0.15) is 5.82 Å². The zero-order chi connectivity index (χ0) is 12.3. The van der Waals surface area contributed by atoms with Gasteiger partial charge < -0.3 is 16.2 Å². The first-order valence-corrected chi connectivity index (χ1v) is 5.46. The second-order valence-corrected chi connectivity index (χ2v) is 5.06. The van der Waals surface area contributed by atoms with Gasteiger partial charge in [-0.25, -0.2) is 4.98 Å². The SMILES string of the molecule is Cc1nc(N)ccc1[C@@H](O)CNC(C)(C)C. The third kappa shape index (κ3) is 3.79. The molecular formula is C12H21N3O. The van der Waals surface area contributed by atoms with Gasteiger partial charge in [0.05, 0.1) is 6.10 Å². The van der Waals surface area contributed by atoms with Crippen molar-refractivity contribution in [3.05, 3.63) is 23.4 Å². The van der Waals surface area contributed by atoms with Crippen molar-refractivity contribution in [2.45, 2.75) is 39.3 Å². The molecule has 0 bridgehead atoms. The molecule has 0 amide bonds. The Morgan fingerprint density at radius 3 is 2.56 bits per heavy atom. The molecule has 0 aliphatic heterocycles. The van der Waals surface area contributed by atoms with Gasteiger partial charge in [0.2, 0.25) is 0 Å². The van der Waals surface area contributed by atoms with Gasteiger partial charge in [0.15, 0.2) is 0 Å². The molecule has 0 spiro atoms. The number of nitrogens with one attached hydrogen (secondary N) is 1. The van der Waals surface area contributed by atoms with Gasteiger partial charge in [-0.2, -0.15) is 0 Å². The van der Waals surface area contributed by atoms with Crippen molar-refractivity contribution >= 4 is 5.82 Å². The molecule has 4 N–H and O–H groups in total. The van der Waals surface area contributed by atoms with Crippen LogP contribution in [-0.2, 0) is 0 Å². The van der Waals surface area contributed by atoms with Crippen LogP contribution in [0, 0.1) is 6.92 Å². The molecule has 1 aromatic heterocycles. The minimum atomic E-state index is -0.549. The lowest BCUT2D eigenvalue weighted by Gasteiger charge is -2.23. The van der Waals surface area contributed by atoms with Crippen molar-refractivity contribution < 1.29 is 5.11 Å². The van der Waals surface area contributed by atoms with E-state index in [9.17, 15) is 5.11 Å². The fourth-order valence-corrected chi connectivity index (χ4v) is 1.46. The fourth-order valence-electron chi connectivity index (χ4n) is 1.46. The second kappa shape index (κ2) is 4.80. The van der Waals surface area contributed by atoms with Crippen molar-refractivity contribution in [2.75, 3.05) is 12.3 Å².